The molecule has 0 atom stereocenters. The third-order valence-electron chi connectivity index (χ3n) is 2.56. The van der Waals surface area contributed by atoms with Gasteiger partial charge in [0, 0.05) is 0 Å². The van der Waals surface area contributed by atoms with E-state index < -0.39 is 5.97 Å². The molecular weight excluding hydrogens is 242 g/mol. The van der Waals surface area contributed by atoms with Crippen molar-refractivity contribution in [3.05, 3.63) is 65.2 Å². The second-order valence-corrected chi connectivity index (χ2v) is 3.93. The van der Waals surface area contributed by atoms with E-state index in [9.17, 15) is 4.79 Å². The van der Waals surface area contributed by atoms with Crippen molar-refractivity contribution in [2.75, 3.05) is 0 Å². The first-order valence-electron chi connectivity index (χ1n) is 5.64. The van der Waals surface area contributed by atoms with Crippen LogP contribution in [0.25, 0.3) is 0 Å². The minimum Gasteiger partial charge on any atom is -0.489 e. The lowest BCUT2D eigenvalue weighted by molar-refractivity contribution is 0.0697. The number of carbonyl (C=O) groups is 1. The predicted molar refractivity (Wildman–Crippen MR) is 68.9 cm³/mol. The summed E-state index contributed by atoms with van der Waals surface area (Å²) >= 11 is 0. The highest BCUT2D eigenvalue weighted by Gasteiger charge is 2.02. The highest BCUT2D eigenvalue weighted by Crippen LogP contribution is 2.14. The summed E-state index contributed by atoms with van der Waals surface area (Å²) in [5.41, 5.74) is 1.70. The number of carboxylic acid groups (broad SMARTS) is 1. The van der Waals surface area contributed by atoms with E-state index in [0.717, 1.165) is 5.56 Å². The molecule has 0 aliphatic rings. The van der Waals surface area contributed by atoms with E-state index in [0.29, 0.717) is 17.9 Å². The van der Waals surface area contributed by atoms with Crippen molar-refractivity contribution in [2.45, 2.75) is 6.61 Å². The lowest BCUT2D eigenvalue weighted by atomic mass is 10.1. The first kappa shape index (κ1) is 12.7. The molecule has 0 saturated carbocycles. The third-order valence-corrected chi connectivity index (χ3v) is 2.56. The number of ether oxygens (including phenoxy) is 1. The van der Waals surface area contributed by atoms with Gasteiger partial charge in [-0.1, -0.05) is 12.1 Å². The number of rotatable bonds is 4. The van der Waals surface area contributed by atoms with Gasteiger partial charge in [-0.05, 0) is 42.0 Å². The van der Waals surface area contributed by atoms with Crippen LogP contribution in [-0.2, 0) is 6.61 Å². The van der Waals surface area contributed by atoms with Crippen molar-refractivity contribution in [2.24, 2.45) is 0 Å². The molecule has 0 unspecified atom stereocenters. The van der Waals surface area contributed by atoms with Gasteiger partial charge in [0.2, 0.25) is 0 Å². The molecule has 0 bridgehead atoms. The number of carboxylic acids is 1. The second kappa shape index (κ2) is 5.69. The minimum absolute atomic E-state index is 0.221. The van der Waals surface area contributed by atoms with Crippen LogP contribution in [0.2, 0.25) is 0 Å². The first-order chi connectivity index (χ1) is 9.19. The average molecular weight is 253 g/mol. The molecule has 0 aliphatic heterocycles. The Morgan fingerprint density at radius 3 is 2.58 bits per heavy atom. The van der Waals surface area contributed by atoms with Gasteiger partial charge in [-0.25, -0.2) is 4.79 Å². The van der Waals surface area contributed by atoms with Crippen LogP contribution < -0.4 is 4.74 Å². The molecule has 2 rings (SSSR count). The SMILES string of the molecule is N#Cc1cccc(COc2ccc(C(=O)O)cc2)c1. The molecule has 0 spiro atoms. The Morgan fingerprint density at radius 2 is 1.95 bits per heavy atom. The van der Waals surface area contributed by atoms with Crippen molar-refractivity contribution < 1.29 is 14.6 Å². The van der Waals surface area contributed by atoms with Crippen molar-refractivity contribution in [3.8, 4) is 11.8 Å². The molecule has 0 saturated heterocycles. The standard InChI is InChI=1S/C15H11NO3/c16-9-11-2-1-3-12(8-11)10-19-14-6-4-13(5-7-14)15(17)18/h1-8H,10H2,(H,17,18). The van der Waals surface area contributed by atoms with Crippen LogP contribution in [-0.4, -0.2) is 11.1 Å². The number of nitriles is 1. The molecule has 0 heterocycles. The first-order valence-corrected chi connectivity index (χ1v) is 5.64. The smallest absolute Gasteiger partial charge is 0.335 e. The maximum absolute atomic E-state index is 10.7. The van der Waals surface area contributed by atoms with E-state index in [1.165, 1.54) is 12.1 Å². The quantitative estimate of drug-likeness (QED) is 0.909. The van der Waals surface area contributed by atoms with Crippen LogP contribution in [0.15, 0.2) is 48.5 Å². The molecule has 0 aliphatic carbocycles. The second-order valence-electron chi connectivity index (χ2n) is 3.93. The number of hydrogen-bond acceptors (Lipinski definition) is 3. The third kappa shape index (κ3) is 3.33. The van der Waals surface area contributed by atoms with Crippen LogP contribution in [0.1, 0.15) is 21.5 Å². The fourth-order valence-corrected chi connectivity index (χ4v) is 1.59. The number of aromatic carboxylic acids is 1. The molecule has 0 fully saturated rings. The van der Waals surface area contributed by atoms with Crippen LogP contribution in [0.5, 0.6) is 5.75 Å². The summed E-state index contributed by atoms with van der Waals surface area (Å²) in [6, 6.07) is 15.4. The summed E-state index contributed by atoms with van der Waals surface area (Å²) in [6.07, 6.45) is 0. The van der Waals surface area contributed by atoms with Crippen molar-refractivity contribution in [1.29, 1.82) is 5.26 Å². The summed E-state index contributed by atoms with van der Waals surface area (Å²) in [6.45, 7) is 0.335. The Labute approximate surface area is 110 Å². The molecule has 1 N–H and O–H groups in total. The van der Waals surface area contributed by atoms with E-state index in [-0.39, 0.29) is 5.56 Å². The van der Waals surface area contributed by atoms with Gasteiger partial charge in [0.25, 0.3) is 0 Å². The monoisotopic (exact) mass is 253 g/mol. The Morgan fingerprint density at radius 1 is 1.21 bits per heavy atom. The van der Waals surface area contributed by atoms with Gasteiger partial charge in [0.1, 0.15) is 12.4 Å². The molecule has 0 aromatic heterocycles. The fourth-order valence-electron chi connectivity index (χ4n) is 1.59. The van der Waals surface area contributed by atoms with Crippen LogP contribution in [0.4, 0.5) is 0 Å². The van der Waals surface area contributed by atoms with Crippen LogP contribution in [0.3, 0.4) is 0 Å². The van der Waals surface area contributed by atoms with Gasteiger partial charge in [-0.15, -0.1) is 0 Å². The molecule has 4 heteroatoms. The van der Waals surface area contributed by atoms with Gasteiger partial charge in [0.05, 0.1) is 17.2 Å². The number of hydrogen-bond donors (Lipinski definition) is 1. The van der Waals surface area contributed by atoms with Crippen molar-refractivity contribution in [1.82, 2.24) is 0 Å². The Balaban J connectivity index is 2.02. The Bertz CT molecular complexity index is 627. The highest BCUT2D eigenvalue weighted by atomic mass is 16.5. The molecule has 4 nitrogen and oxygen atoms in total. The van der Waals surface area contributed by atoms with E-state index in [1.54, 1.807) is 30.3 Å². The summed E-state index contributed by atoms with van der Waals surface area (Å²) in [7, 11) is 0. The van der Waals surface area contributed by atoms with Gasteiger partial charge in [0.15, 0.2) is 0 Å². The van der Waals surface area contributed by atoms with E-state index in [1.807, 2.05) is 6.07 Å². The average Bonchev–Trinajstić information content (AvgIpc) is 2.46. The number of benzene rings is 2. The maximum atomic E-state index is 10.7. The molecule has 19 heavy (non-hydrogen) atoms. The lowest BCUT2D eigenvalue weighted by Gasteiger charge is -2.06. The molecule has 2 aromatic carbocycles. The zero-order valence-corrected chi connectivity index (χ0v) is 10.0. The zero-order chi connectivity index (χ0) is 13.7. The van der Waals surface area contributed by atoms with Gasteiger partial charge >= 0.3 is 5.97 Å². The van der Waals surface area contributed by atoms with E-state index >= 15 is 0 Å². The molecule has 0 radical (unpaired) electrons. The maximum Gasteiger partial charge on any atom is 0.335 e. The lowest BCUT2D eigenvalue weighted by Crippen LogP contribution is -1.98. The van der Waals surface area contributed by atoms with Gasteiger partial charge in [-0.2, -0.15) is 5.26 Å². The Kier molecular flexibility index (Phi) is 3.79. The van der Waals surface area contributed by atoms with Crippen molar-refractivity contribution in [3.63, 3.8) is 0 Å². The predicted octanol–water partition coefficient (Wildman–Crippen LogP) is 2.84. The summed E-state index contributed by atoms with van der Waals surface area (Å²) < 4.78 is 5.52. The highest BCUT2D eigenvalue weighted by molar-refractivity contribution is 5.87. The summed E-state index contributed by atoms with van der Waals surface area (Å²) in [4.78, 5) is 10.7. The van der Waals surface area contributed by atoms with Gasteiger partial charge < -0.3 is 9.84 Å². The van der Waals surface area contributed by atoms with Crippen LogP contribution in [0, 0.1) is 11.3 Å². The van der Waals surface area contributed by atoms with Crippen LogP contribution >= 0.6 is 0 Å². The molecule has 94 valence electrons. The number of nitrogens with zero attached hydrogens (tertiary/aromatic N) is 1. The minimum atomic E-state index is -0.965. The van der Waals surface area contributed by atoms with E-state index in [2.05, 4.69) is 6.07 Å². The molecular formula is C15H11NO3. The summed E-state index contributed by atoms with van der Waals surface area (Å²) in [5, 5.41) is 17.6. The Hall–Kier alpha value is -2.80. The molecule has 0 amide bonds. The van der Waals surface area contributed by atoms with Crippen molar-refractivity contribution >= 4 is 5.97 Å². The largest absolute Gasteiger partial charge is 0.489 e. The normalized spacial score (nSPS) is 9.63. The zero-order valence-electron chi connectivity index (χ0n) is 10.0. The topological polar surface area (TPSA) is 70.3 Å². The summed E-state index contributed by atoms with van der Waals surface area (Å²) in [5.74, 6) is -0.374. The van der Waals surface area contributed by atoms with Gasteiger partial charge in [-0.3, -0.25) is 0 Å². The fraction of sp³-hybridized carbons (Fsp3) is 0.0667. The molecule has 2 aromatic rings. The van der Waals surface area contributed by atoms with E-state index in [4.69, 9.17) is 15.1 Å².